The van der Waals surface area contributed by atoms with Crippen molar-refractivity contribution in [3.8, 4) is 21.8 Å². The first-order valence-electron chi connectivity index (χ1n) is 27.7. The number of amides is 3. The largest absolute Gasteiger partial charge is 0.444 e. The number of benzene rings is 3. The molecule has 5 aromatic rings. The van der Waals surface area contributed by atoms with Crippen molar-refractivity contribution in [2.75, 3.05) is 23.3 Å². The molecule has 484 valence electrons. The van der Waals surface area contributed by atoms with Crippen LogP contribution in [0.4, 0.5) is 29.6 Å². The molecule has 3 amide bonds. The highest BCUT2D eigenvalue weighted by molar-refractivity contribution is 7.92. The van der Waals surface area contributed by atoms with E-state index < -0.39 is 190 Å². The Kier molecular flexibility index (Phi) is 24.3. The lowest BCUT2D eigenvalue weighted by molar-refractivity contribution is -0.326. The van der Waals surface area contributed by atoms with Crippen molar-refractivity contribution in [1.82, 2.24) is 20.3 Å². The highest BCUT2D eigenvalue weighted by atomic mass is 32.2. The Hall–Kier alpha value is -7.27. The van der Waals surface area contributed by atoms with Gasteiger partial charge in [0.1, 0.15) is 72.9 Å². The van der Waals surface area contributed by atoms with Gasteiger partial charge in [-0.05, 0) is 54.3 Å². The molecule has 2 aromatic heterocycles. The predicted octanol–water partition coefficient (Wildman–Crippen LogP) is 2.09. The number of hydrogen-bond acceptors (Lipinski definition) is 23. The van der Waals surface area contributed by atoms with Crippen LogP contribution in [0.2, 0.25) is 0 Å². The van der Waals surface area contributed by atoms with Gasteiger partial charge in [-0.2, -0.15) is 0 Å². The Balaban J connectivity index is 1.04. The lowest BCUT2D eigenvalue weighted by Crippen LogP contribution is -2.61. The number of sulfonamides is 1. The number of hydrogen-bond donors (Lipinski definition) is 12. The van der Waals surface area contributed by atoms with E-state index in [0.717, 1.165) is 35.6 Å². The fourth-order valence-electron chi connectivity index (χ4n) is 9.19. The molecule has 3 aromatic carbocycles. The Bertz CT molecular complexity index is 3440. The Morgan fingerprint density at radius 3 is 2.06 bits per heavy atom. The van der Waals surface area contributed by atoms with E-state index in [-0.39, 0.29) is 40.8 Å². The summed E-state index contributed by atoms with van der Waals surface area (Å²) < 4.78 is 89.5. The average molecular weight is 1290 g/mol. The second-order valence-electron chi connectivity index (χ2n) is 22.5. The molecule has 26 nitrogen and oxygen atoms in total. The number of halogens is 3. The summed E-state index contributed by atoms with van der Waals surface area (Å²) in [5.41, 5.74) is 5.10. The summed E-state index contributed by atoms with van der Waals surface area (Å²) in [5, 5.41) is 87.6. The standard InChI is InChI=1S/C58H70F3N7O19S2/c1-26(2)32(22-39(73)45(76)48(79)50(40(74)23-69)87-54-49(80)47(78)46(77)41(24-70)86-54)53(81)64-27(3)37(71)20-30(21-42(62)75)38(72)19-28-13-15-29(16-14-28)25-85-57(82)67-56-63-18-17-36(65-56)51-44(66-55(88-51)58(4,5)6)31-9-7-12-35(43(31)61)68-89(83,84)52-33(59)10-8-11-34(52)60/h7-18,26-27,30,32,40-41,45-50,54,68-70,74,76-80H,19-25H2,1-6H3,(H2,62,75)(H,64,81)(H,63,65,67,82)/t27?,30?,32?,40-,41-,45+,46+,47+,48+,49-,50+,54+/m1/s1. The van der Waals surface area contributed by atoms with Gasteiger partial charge >= 0.3 is 6.09 Å². The number of thiazole rings is 1. The quantitative estimate of drug-likeness (QED) is 0.0326. The fourth-order valence-corrected chi connectivity index (χ4v) is 11.5. The van der Waals surface area contributed by atoms with Gasteiger partial charge < -0.3 is 66.1 Å². The van der Waals surface area contributed by atoms with Gasteiger partial charge in [-0.15, -0.1) is 11.3 Å². The van der Waals surface area contributed by atoms with Gasteiger partial charge in [0.15, 0.2) is 28.6 Å². The number of aromatic nitrogens is 3. The molecule has 1 saturated heterocycles. The van der Waals surface area contributed by atoms with Crippen LogP contribution in [0.15, 0.2) is 77.8 Å². The molecule has 31 heteroatoms. The first-order chi connectivity index (χ1) is 41.8. The summed E-state index contributed by atoms with van der Waals surface area (Å²) in [4.78, 5) is 91.6. The van der Waals surface area contributed by atoms with E-state index >= 15 is 4.39 Å². The number of nitrogens with zero attached hydrogens (tertiary/aromatic N) is 3. The van der Waals surface area contributed by atoms with E-state index in [2.05, 4.69) is 25.6 Å². The van der Waals surface area contributed by atoms with Gasteiger partial charge in [-0.3, -0.25) is 34.0 Å². The molecule has 1 aliphatic heterocycles. The molecular weight excluding hydrogens is 1220 g/mol. The molecule has 3 heterocycles. The van der Waals surface area contributed by atoms with Crippen molar-refractivity contribution in [1.29, 1.82) is 0 Å². The van der Waals surface area contributed by atoms with E-state index in [1.54, 1.807) is 12.1 Å². The summed E-state index contributed by atoms with van der Waals surface area (Å²) in [6.45, 7) is 7.63. The number of ketones is 3. The fraction of sp³-hybridized carbons (Fsp3) is 0.466. The van der Waals surface area contributed by atoms with Crippen LogP contribution in [0.3, 0.4) is 0 Å². The molecule has 0 spiro atoms. The number of nitrogens with one attached hydrogen (secondary N) is 3. The number of ether oxygens (including phenoxy) is 3. The van der Waals surface area contributed by atoms with Gasteiger partial charge in [0.25, 0.3) is 10.0 Å². The number of rotatable bonds is 29. The van der Waals surface area contributed by atoms with Gasteiger partial charge in [0.2, 0.25) is 17.8 Å². The molecule has 3 unspecified atom stereocenters. The first kappa shape index (κ1) is 70.8. The van der Waals surface area contributed by atoms with Crippen LogP contribution in [0.5, 0.6) is 0 Å². The van der Waals surface area contributed by atoms with E-state index in [1.165, 1.54) is 57.3 Å². The zero-order chi connectivity index (χ0) is 66.0. The van der Waals surface area contributed by atoms with E-state index in [9.17, 15) is 86.8 Å². The van der Waals surface area contributed by atoms with E-state index in [1.807, 2.05) is 25.5 Å². The van der Waals surface area contributed by atoms with Crippen LogP contribution in [-0.2, 0) is 66.6 Å². The maximum atomic E-state index is 16.4. The summed E-state index contributed by atoms with van der Waals surface area (Å²) in [7, 11) is -4.96. The number of Topliss-reactive ketones (excluding diaryl/α,β-unsaturated/α-hetero) is 3. The summed E-state index contributed by atoms with van der Waals surface area (Å²) >= 11 is 1.13. The first-order valence-corrected chi connectivity index (χ1v) is 30.0. The third-order valence-electron chi connectivity index (χ3n) is 14.3. The van der Waals surface area contributed by atoms with E-state index in [0.29, 0.717) is 16.1 Å². The van der Waals surface area contributed by atoms with Crippen molar-refractivity contribution in [3.63, 3.8) is 0 Å². The molecule has 0 aliphatic carbocycles. The molecule has 0 saturated carbocycles. The van der Waals surface area contributed by atoms with Gasteiger partial charge in [0.05, 0.1) is 46.2 Å². The molecule has 89 heavy (non-hydrogen) atoms. The molecule has 13 N–H and O–H groups in total. The predicted molar refractivity (Wildman–Crippen MR) is 310 cm³/mol. The number of aliphatic hydroxyl groups is 8. The minimum atomic E-state index is -4.96. The Morgan fingerprint density at radius 2 is 1.45 bits per heavy atom. The van der Waals surface area contributed by atoms with Crippen LogP contribution in [-0.4, -0.2) is 174 Å². The minimum Gasteiger partial charge on any atom is -0.444 e. The second-order valence-corrected chi connectivity index (χ2v) is 25.1. The normalized spacial score (nSPS) is 19.5. The monoisotopic (exact) mass is 1290 g/mol. The Morgan fingerprint density at radius 1 is 0.809 bits per heavy atom. The number of aliphatic hydroxyl groups excluding tert-OH is 8. The zero-order valence-corrected chi connectivity index (χ0v) is 50.5. The van der Waals surface area contributed by atoms with Crippen LogP contribution >= 0.6 is 11.3 Å². The van der Waals surface area contributed by atoms with Gasteiger partial charge in [0, 0.05) is 54.7 Å². The number of anilines is 2. The maximum Gasteiger partial charge on any atom is 0.414 e. The third kappa shape index (κ3) is 18.0. The highest BCUT2D eigenvalue weighted by Gasteiger charge is 2.48. The zero-order valence-electron chi connectivity index (χ0n) is 48.8. The summed E-state index contributed by atoms with van der Waals surface area (Å²) in [6.07, 6.45) is -20.0. The lowest BCUT2D eigenvalue weighted by atomic mass is 9.86. The SMILES string of the molecule is CC(NC(=O)C(CC(=O)[C@H](O)[C@H](O)[C@@H](O[C@@H]1O[C@H](CO)[C@H](O)[C@H](O)[C@H]1O)[C@H](O)CO)C(C)C)C(=O)CC(CC(N)=O)C(=O)Cc1ccc(COC(=O)Nc2nccc(-c3sc(C(C)(C)C)nc3-c3cccc(NS(=O)(=O)c4c(F)cccc4F)c3F)n2)cc1. The third-order valence-corrected chi connectivity index (χ3v) is 17.2. The second kappa shape index (κ2) is 30.5. The lowest BCUT2D eigenvalue weighted by Gasteiger charge is -2.42. The molecule has 1 aliphatic rings. The number of primary amides is 1. The van der Waals surface area contributed by atoms with Crippen molar-refractivity contribution < 1.29 is 105 Å². The molecule has 12 atom stereocenters. The van der Waals surface area contributed by atoms with Crippen LogP contribution < -0.4 is 21.1 Å². The average Bonchev–Trinajstić information content (AvgIpc) is 1.81. The molecule has 1 fully saturated rings. The minimum absolute atomic E-state index is 0.0240. The summed E-state index contributed by atoms with van der Waals surface area (Å²) in [5.74, 6) is -11.5. The number of carbonyl (C=O) groups is 6. The van der Waals surface area contributed by atoms with Crippen molar-refractivity contribution in [3.05, 3.63) is 107 Å². The van der Waals surface area contributed by atoms with Gasteiger partial charge in [-0.25, -0.2) is 41.3 Å². The smallest absolute Gasteiger partial charge is 0.414 e. The number of carbonyl (C=O) groups excluding carboxylic acids is 6. The molecular formula is C58H70F3N7O19S2. The van der Waals surface area contributed by atoms with Crippen LogP contribution in [0, 0.1) is 35.2 Å². The van der Waals surface area contributed by atoms with Crippen LogP contribution in [0.1, 0.15) is 76.9 Å². The van der Waals surface area contributed by atoms with Crippen molar-refractivity contribution in [2.24, 2.45) is 23.5 Å². The van der Waals surface area contributed by atoms with Gasteiger partial charge in [-0.1, -0.05) is 71.0 Å². The molecule has 0 bridgehead atoms. The Labute approximate surface area is 512 Å². The van der Waals surface area contributed by atoms with E-state index in [4.69, 9.17) is 19.9 Å². The van der Waals surface area contributed by atoms with Crippen LogP contribution in [0.25, 0.3) is 21.8 Å². The molecule has 0 radical (unpaired) electrons. The topological polar surface area (TPSA) is 427 Å². The number of nitrogens with two attached hydrogens (primary N) is 1. The molecule has 6 rings (SSSR count). The summed E-state index contributed by atoms with van der Waals surface area (Å²) in [6, 6.07) is 12.5. The van der Waals surface area contributed by atoms with Crippen molar-refractivity contribution in [2.45, 2.75) is 145 Å². The highest BCUT2D eigenvalue weighted by Crippen LogP contribution is 2.42. The van der Waals surface area contributed by atoms with Crippen molar-refractivity contribution >= 4 is 68.3 Å². The maximum absolute atomic E-state index is 16.4.